The third-order valence-corrected chi connectivity index (χ3v) is 1.80. The van der Waals surface area contributed by atoms with Crippen LogP contribution in [0.1, 0.15) is 18.1 Å². The predicted octanol–water partition coefficient (Wildman–Crippen LogP) is 3.00. The van der Waals surface area contributed by atoms with Gasteiger partial charge in [-0.15, -0.1) is 0 Å². The van der Waals surface area contributed by atoms with Crippen molar-refractivity contribution in [1.29, 1.82) is 0 Å². The van der Waals surface area contributed by atoms with Gasteiger partial charge in [0, 0.05) is 0 Å². The highest BCUT2D eigenvalue weighted by atomic mass is 16.5. The number of rotatable bonds is 2. The molecule has 64 valence electrons. The predicted molar refractivity (Wildman–Crippen MR) is 51.8 cm³/mol. The molecule has 0 spiro atoms. The Balaban J connectivity index is 2.89. The molecule has 0 heterocycles. The summed E-state index contributed by atoms with van der Waals surface area (Å²) in [4.78, 5) is 0. The average molecular weight is 162 g/mol. The van der Waals surface area contributed by atoms with E-state index in [1.807, 2.05) is 6.92 Å². The van der Waals surface area contributed by atoms with Gasteiger partial charge in [-0.25, -0.2) is 0 Å². The van der Waals surface area contributed by atoms with Crippen molar-refractivity contribution in [2.24, 2.45) is 0 Å². The van der Waals surface area contributed by atoms with Gasteiger partial charge in [0.1, 0.15) is 0 Å². The van der Waals surface area contributed by atoms with E-state index in [1.165, 1.54) is 11.1 Å². The first kappa shape index (κ1) is 8.85. The first-order chi connectivity index (χ1) is 5.74. The molecule has 0 atom stereocenters. The molecule has 1 rings (SSSR count). The molecule has 1 aromatic carbocycles. The van der Waals surface area contributed by atoms with Crippen LogP contribution in [-0.4, -0.2) is 7.11 Å². The van der Waals surface area contributed by atoms with E-state index in [4.69, 9.17) is 4.74 Å². The minimum atomic E-state index is 1.15. The molecule has 0 fully saturated rings. The van der Waals surface area contributed by atoms with E-state index in [0.29, 0.717) is 0 Å². The highest BCUT2D eigenvalue weighted by molar-refractivity contribution is 5.62. The summed E-state index contributed by atoms with van der Waals surface area (Å²) in [7, 11) is 1.66. The summed E-state index contributed by atoms with van der Waals surface area (Å²) in [5.41, 5.74) is 3.64. The largest absolute Gasteiger partial charge is 0.504 e. The second-order valence-electron chi connectivity index (χ2n) is 2.90. The van der Waals surface area contributed by atoms with Crippen LogP contribution in [0.25, 0.3) is 5.57 Å². The van der Waals surface area contributed by atoms with Crippen molar-refractivity contribution >= 4 is 5.57 Å². The van der Waals surface area contributed by atoms with Crippen LogP contribution < -0.4 is 0 Å². The van der Waals surface area contributed by atoms with Crippen molar-refractivity contribution < 1.29 is 4.74 Å². The summed E-state index contributed by atoms with van der Waals surface area (Å²) in [5, 5.41) is 0. The Morgan fingerprint density at radius 2 is 1.83 bits per heavy atom. The van der Waals surface area contributed by atoms with Gasteiger partial charge in [-0.1, -0.05) is 29.8 Å². The molecule has 0 aromatic heterocycles. The Morgan fingerprint density at radius 1 is 1.25 bits per heavy atom. The molecule has 1 nitrogen and oxygen atoms in total. The van der Waals surface area contributed by atoms with Gasteiger partial charge in [0.05, 0.1) is 13.4 Å². The molecule has 0 unspecified atom stereocenters. The molecule has 0 N–H and O–H groups in total. The summed E-state index contributed by atoms with van der Waals surface area (Å²) in [5.74, 6) is 0. The van der Waals surface area contributed by atoms with Crippen LogP contribution in [0.2, 0.25) is 0 Å². The van der Waals surface area contributed by atoms with Crippen molar-refractivity contribution in [2.75, 3.05) is 7.11 Å². The van der Waals surface area contributed by atoms with Crippen LogP contribution in [0.5, 0.6) is 0 Å². The Labute approximate surface area is 73.7 Å². The quantitative estimate of drug-likeness (QED) is 0.607. The van der Waals surface area contributed by atoms with E-state index in [-0.39, 0.29) is 0 Å². The molecular formula is C11H14O. The zero-order valence-electron chi connectivity index (χ0n) is 7.79. The van der Waals surface area contributed by atoms with E-state index in [2.05, 4.69) is 31.2 Å². The summed E-state index contributed by atoms with van der Waals surface area (Å²) >= 11 is 0. The van der Waals surface area contributed by atoms with Crippen molar-refractivity contribution in [3.8, 4) is 0 Å². The number of aryl methyl sites for hydroxylation is 1. The molecule has 0 saturated heterocycles. The highest BCUT2D eigenvalue weighted by Crippen LogP contribution is 2.13. The lowest BCUT2D eigenvalue weighted by Gasteiger charge is -2.00. The van der Waals surface area contributed by atoms with Crippen LogP contribution in [0, 0.1) is 6.92 Å². The number of benzene rings is 1. The lowest BCUT2D eigenvalue weighted by Crippen LogP contribution is -1.80. The lowest BCUT2D eigenvalue weighted by molar-refractivity contribution is 0.339. The van der Waals surface area contributed by atoms with Crippen LogP contribution >= 0.6 is 0 Å². The first-order valence-electron chi connectivity index (χ1n) is 4.00. The first-order valence-corrected chi connectivity index (χ1v) is 4.00. The molecule has 0 aliphatic heterocycles. The number of hydrogen-bond acceptors (Lipinski definition) is 1. The fourth-order valence-corrected chi connectivity index (χ4v) is 1.06. The summed E-state index contributed by atoms with van der Waals surface area (Å²) in [6, 6.07) is 8.39. The van der Waals surface area contributed by atoms with E-state index < -0.39 is 0 Å². The summed E-state index contributed by atoms with van der Waals surface area (Å²) < 4.78 is 4.93. The van der Waals surface area contributed by atoms with Gasteiger partial charge < -0.3 is 4.74 Å². The van der Waals surface area contributed by atoms with Gasteiger partial charge in [0.2, 0.25) is 0 Å². The molecule has 0 amide bonds. The molecule has 0 bridgehead atoms. The van der Waals surface area contributed by atoms with Crippen molar-refractivity contribution in [3.05, 3.63) is 41.7 Å². The maximum atomic E-state index is 4.93. The molecule has 12 heavy (non-hydrogen) atoms. The summed E-state index contributed by atoms with van der Waals surface area (Å²) in [6.07, 6.45) is 1.75. The Bertz CT molecular complexity index is 270. The third kappa shape index (κ3) is 2.12. The van der Waals surface area contributed by atoms with Gasteiger partial charge in [-0.2, -0.15) is 0 Å². The average Bonchev–Trinajstić information content (AvgIpc) is 2.06. The number of hydrogen-bond donors (Lipinski definition) is 0. The standard InChI is InChI=1S/C11H14O/c1-9-4-6-11(7-5-9)10(2)8-12-3/h4-8H,1-3H3. The van der Waals surface area contributed by atoms with Gasteiger partial charge in [0.15, 0.2) is 0 Å². The normalized spacial score (nSPS) is 11.4. The zero-order chi connectivity index (χ0) is 8.97. The van der Waals surface area contributed by atoms with Gasteiger partial charge >= 0.3 is 0 Å². The smallest absolute Gasteiger partial charge is 0.0859 e. The maximum absolute atomic E-state index is 4.93. The Kier molecular flexibility index (Phi) is 2.92. The van der Waals surface area contributed by atoms with E-state index in [9.17, 15) is 0 Å². The summed E-state index contributed by atoms with van der Waals surface area (Å²) in [6.45, 7) is 4.12. The Hall–Kier alpha value is -1.24. The monoisotopic (exact) mass is 162 g/mol. The second kappa shape index (κ2) is 3.96. The van der Waals surface area contributed by atoms with Crippen LogP contribution in [-0.2, 0) is 4.74 Å². The van der Waals surface area contributed by atoms with Crippen LogP contribution in [0.15, 0.2) is 30.5 Å². The molecular weight excluding hydrogens is 148 g/mol. The van der Waals surface area contributed by atoms with E-state index >= 15 is 0 Å². The fourth-order valence-electron chi connectivity index (χ4n) is 1.06. The van der Waals surface area contributed by atoms with Crippen molar-refractivity contribution in [1.82, 2.24) is 0 Å². The minimum absolute atomic E-state index is 1.15. The zero-order valence-corrected chi connectivity index (χ0v) is 7.79. The molecule has 0 aliphatic carbocycles. The molecule has 0 radical (unpaired) electrons. The van der Waals surface area contributed by atoms with Crippen LogP contribution in [0.4, 0.5) is 0 Å². The maximum Gasteiger partial charge on any atom is 0.0859 e. The number of allylic oxidation sites excluding steroid dienone is 1. The number of ether oxygens (including phenoxy) is 1. The molecule has 0 saturated carbocycles. The van der Waals surface area contributed by atoms with Crippen molar-refractivity contribution in [2.45, 2.75) is 13.8 Å². The highest BCUT2D eigenvalue weighted by Gasteiger charge is 1.93. The van der Waals surface area contributed by atoms with E-state index in [0.717, 1.165) is 5.57 Å². The van der Waals surface area contributed by atoms with Gasteiger partial charge in [-0.05, 0) is 25.0 Å². The van der Waals surface area contributed by atoms with E-state index in [1.54, 1.807) is 13.4 Å². The van der Waals surface area contributed by atoms with Crippen LogP contribution in [0.3, 0.4) is 0 Å². The Morgan fingerprint density at radius 3 is 2.33 bits per heavy atom. The minimum Gasteiger partial charge on any atom is -0.504 e. The van der Waals surface area contributed by atoms with Gasteiger partial charge in [-0.3, -0.25) is 0 Å². The molecule has 0 aliphatic rings. The second-order valence-corrected chi connectivity index (χ2v) is 2.90. The number of methoxy groups -OCH3 is 1. The lowest BCUT2D eigenvalue weighted by atomic mass is 10.1. The fraction of sp³-hybridized carbons (Fsp3) is 0.273. The van der Waals surface area contributed by atoms with Gasteiger partial charge in [0.25, 0.3) is 0 Å². The molecule has 1 heteroatoms. The van der Waals surface area contributed by atoms with Crippen molar-refractivity contribution in [3.63, 3.8) is 0 Å². The third-order valence-electron chi connectivity index (χ3n) is 1.80. The topological polar surface area (TPSA) is 9.23 Å². The SMILES string of the molecule is COC=C(C)c1ccc(C)cc1. The molecule has 1 aromatic rings.